The molecule has 0 spiro atoms. The van der Waals surface area contributed by atoms with Gasteiger partial charge >= 0.3 is 0 Å². The smallest absolute Gasteiger partial charge is 0.227 e. The van der Waals surface area contributed by atoms with E-state index in [1.807, 2.05) is 7.05 Å². The van der Waals surface area contributed by atoms with E-state index in [9.17, 15) is 9.18 Å². The van der Waals surface area contributed by atoms with E-state index in [-0.39, 0.29) is 11.7 Å². The second kappa shape index (κ2) is 8.38. The first-order valence-electron chi connectivity index (χ1n) is 8.05. The number of halogens is 1. The predicted molar refractivity (Wildman–Crippen MR) is 87.3 cm³/mol. The number of benzene rings is 1. The summed E-state index contributed by atoms with van der Waals surface area (Å²) in [5.41, 5.74) is 6.39. The number of hydrogen-bond acceptors (Lipinski definition) is 4. The quantitative estimate of drug-likeness (QED) is 0.789. The van der Waals surface area contributed by atoms with Crippen molar-refractivity contribution in [1.29, 1.82) is 0 Å². The number of rotatable bonds is 7. The van der Waals surface area contributed by atoms with Gasteiger partial charge in [0.15, 0.2) is 0 Å². The van der Waals surface area contributed by atoms with Crippen molar-refractivity contribution < 1.29 is 13.9 Å². The number of carbonyl (C=O) groups excluding carboxylic acids is 1. The molecule has 1 heterocycles. The van der Waals surface area contributed by atoms with E-state index in [0.29, 0.717) is 45.7 Å². The van der Waals surface area contributed by atoms with Gasteiger partial charge < -0.3 is 20.7 Å². The molecule has 23 heavy (non-hydrogen) atoms. The first-order valence-corrected chi connectivity index (χ1v) is 8.05. The lowest BCUT2D eigenvalue weighted by atomic mass is 9.79. The van der Waals surface area contributed by atoms with Gasteiger partial charge in [-0.2, -0.15) is 0 Å². The Balaban J connectivity index is 1.75. The molecule has 0 bridgehead atoms. The van der Waals surface area contributed by atoms with Gasteiger partial charge in [-0.15, -0.1) is 0 Å². The molecule has 0 aromatic heterocycles. The van der Waals surface area contributed by atoms with Crippen LogP contribution in [0.5, 0.6) is 0 Å². The fraction of sp³-hybridized carbons (Fsp3) is 0.588. The van der Waals surface area contributed by atoms with Gasteiger partial charge in [-0.1, -0.05) is 12.1 Å². The molecule has 1 saturated heterocycles. The van der Waals surface area contributed by atoms with Crippen LogP contribution in [-0.4, -0.2) is 50.7 Å². The SMILES string of the molecule is CN(CCNC(=O)C1(CN)CCOCC1)Cc1ccc(F)cc1. The number of ether oxygens (including phenoxy) is 1. The van der Waals surface area contributed by atoms with Crippen molar-refractivity contribution in [1.82, 2.24) is 10.2 Å². The van der Waals surface area contributed by atoms with Crippen molar-refractivity contribution in [2.24, 2.45) is 11.1 Å². The monoisotopic (exact) mass is 323 g/mol. The Morgan fingerprint density at radius 1 is 1.35 bits per heavy atom. The topological polar surface area (TPSA) is 67.6 Å². The molecule has 1 amide bonds. The number of carbonyl (C=O) groups is 1. The number of nitrogens with zero attached hydrogens (tertiary/aromatic N) is 1. The normalized spacial score (nSPS) is 17.2. The molecule has 0 radical (unpaired) electrons. The predicted octanol–water partition coefficient (Wildman–Crippen LogP) is 1.13. The van der Waals surface area contributed by atoms with E-state index in [2.05, 4.69) is 10.2 Å². The van der Waals surface area contributed by atoms with Gasteiger partial charge in [-0.3, -0.25) is 4.79 Å². The van der Waals surface area contributed by atoms with Crippen LogP contribution in [0.25, 0.3) is 0 Å². The van der Waals surface area contributed by atoms with Gasteiger partial charge in [0.1, 0.15) is 5.82 Å². The third-order valence-electron chi connectivity index (χ3n) is 4.47. The summed E-state index contributed by atoms with van der Waals surface area (Å²) < 4.78 is 18.2. The molecule has 0 unspecified atom stereocenters. The maximum Gasteiger partial charge on any atom is 0.227 e. The maximum absolute atomic E-state index is 12.9. The highest BCUT2D eigenvalue weighted by atomic mass is 19.1. The Hall–Kier alpha value is -1.50. The van der Waals surface area contributed by atoms with E-state index in [4.69, 9.17) is 10.5 Å². The zero-order valence-corrected chi connectivity index (χ0v) is 13.7. The summed E-state index contributed by atoms with van der Waals surface area (Å²) in [7, 11) is 1.97. The third kappa shape index (κ3) is 4.99. The highest BCUT2D eigenvalue weighted by molar-refractivity contribution is 5.83. The van der Waals surface area contributed by atoms with E-state index in [1.165, 1.54) is 12.1 Å². The minimum atomic E-state index is -0.478. The first kappa shape index (κ1) is 17.8. The van der Waals surface area contributed by atoms with Gasteiger partial charge in [0.25, 0.3) is 0 Å². The largest absolute Gasteiger partial charge is 0.381 e. The molecule has 1 aliphatic heterocycles. The first-order chi connectivity index (χ1) is 11.1. The zero-order valence-electron chi connectivity index (χ0n) is 13.7. The summed E-state index contributed by atoms with van der Waals surface area (Å²) in [6.07, 6.45) is 1.36. The lowest BCUT2D eigenvalue weighted by Crippen LogP contribution is -2.50. The molecule has 1 aliphatic rings. The van der Waals surface area contributed by atoms with Crippen molar-refractivity contribution in [3.8, 4) is 0 Å². The fourth-order valence-electron chi connectivity index (χ4n) is 2.81. The molecule has 3 N–H and O–H groups in total. The molecular weight excluding hydrogens is 297 g/mol. The van der Waals surface area contributed by atoms with Crippen LogP contribution in [0.3, 0.4) is 0 Å². The lowest BCUT2D eigenvalue weighted by Gasteiger charge is -2.34. The standard InChI is InChI=1S/C17H26FN3O2/c1-21(12-14-2-4-15(18)5-3-14)9-8-20-16(22)17(13-19)6-10-23-11-7-17/h2-5H,6-13,19H2,1H3,(H,20,22). The number of nitrogens with one attached hydrogen (secondary N) is 1. The van der Waals surface area contributed by atoms with Crippen molar-refractivity contribution in [3.63, 3.8) is 0 Å². The van der Waals surface area contributed by atoms with E-state index in [0.717, 1.165) is 12.1 Å². The molecule has 0 saturated carbocycles. The van der Waals surface area contributed by atoms with Crippen LogP contribution in [0.2, 0.25) is 0 Å². The van der Waals surface area contributed by atoms with Crippen molar-refractivity contribution in [2.45, 2.75) is 19.4 Å². The van der Waals surface area contributed by atoms with Gasteiger partial charge in [-0.25, -0.2) is 4.39 Å². The molecule has 5 nitrogen and oxygen atoms in total. The van der Waals surface area contributed by atoms with Crippen LogP contribution in [0, 0.1) is 11.2 Å². The molecule has 0 atom stereocenters. The Labute approximate surface area is 137 Å². The number of hydrogen-bond donors (Lipinski definition) is 2. The Kier molecular flexibility index (Phi) is 6.50. The summed E-state index contributed by atoms with van der Waals surface area (Å²) in [6, 6.07) is 6.47. The molecule has 1 aromatic rings. The highest BCUT2D eigenvalue weighted by Gasteiger charge is 2.38. The molecule has 0 aliphatic carbocycles. The van der Waals surface area contributed by atoms with Crippen LogP contribution in [0.4, 0.5) is 4.39 Å². The van der Waals surface area contributed by atoms with Crippen LogP contribution in [0.1, 0.15) is 18.4 Å². The Morgan fingerprint density at radius 2 is 2.00 bits per heavy atom. The van der Waals surface area contributed by atoms with Crippen molar-refractivity contribution in [2.75, 3.05) is 39.9 Å². The van der Waals surface area contributed by atoms with Gasteiger partial charge in [0.2, 0.25) is 5.91 Å². The zero-order chi connectivity index (χ0) is 16.7. The Morgan fingerprint density at radius 3 is 2.61 bits per heavy atom. The summed E-state index contributed by atoms with van der Waals surface area (Å²) in [6.45, 7) is 3.54. The van der Waals surface area contributed by atoms with E-state index >= 15 is 0 Å². The van der Waals surface area contributed by atoms with E-state index < -0.39 is 5.41 Å². The molecule has 1 fully saturated rings. The molecule has 6 heteroatoms. The van der Waals surface area contributed by atoms with Crippen LogP contribution in [-0.2, 0) is 16.1 Å². The van der Waals surface area contributed by atoms with Crippen LogP contribution < -0.4 is 11.1 Å². The minimum absolute atomic E-state index is 0.0264. The number of amides is 1. The van der Waals surface area contributed by atoms with Crippen LogP contribution in [0.15, 0.2) is 24.3 Å². The highest BCUT2D eigenvalue weighted by Crippen LogP contribution is 2.29. The average molecular weight is 323 g/mol. The number of likely N-dealkylation sites (N-methyl/N-ethyl adjacent to an activating group) is 1. The summed E-state index contributed by atoms with van der Waals surface area (Å²) in [4.78, 5) is 14.5. The summed E-state index contributed by atoms with van der Waals surface area (Å²) in [5, 5.41) is 2.99. The number of nitrogens with two attached hydrogens (primary N) is 1. The second-order valence-electron chi connectivity index (χ2n) is 6.22. The average Bonchev–Trinajstić information content (AvgIpc) is 2.57. The van der Waals surface area contributed by atoms with Crippen molar-refractivity contribution >= 4 is 5.91 Å². The molecule has 1 aromatic carbocycles. The van der Waals surface area contributed by atoms with Crippen molar-refractivity contribution in [3.05, 3.63) is 35.6 Å². The Bertz CT molecular complexity index is 501. The van der Waals surface area contributed by atoms with Gasteiger partial charge in [0, 0.05) is 39.4 Å². The third-order valence-corrected chi connectivity index (χ3v) is 4.47. The molecule has 2 rings (SSSR count). The molecule has 128 valence electrons. The fourth-order valence-corrected chi connectivity index (χ4v) is 2.81. The summed E-state index contributed by atoms with van der Waals surface area (Å²) >= 11 is 0. The van der Waals surface area contributed by atoms with Crippen LogP contribution >= 0.6 is 0 Å². The van der Waals surface area contributed by atoms with E-state index in [1.54, 1.807) is 12.1 Å². The minimum Gasteiger partial charge on any atom is -0.381 e. The second-order valence-corrected chi connectivity index (χ2v) is 6.22. The maximum atomic E-state index is 12.9. The van der Waals surface area contributed by atoms with Gasteiger partial charge in [0.05, 0.1) is 5.41 Å². The summed E-state index contributed by atoms with van der Waals surface area (Å²) in [5.74, 6) is -0.203. The lowest BCUT2D eigenvalue weighted by molar-refractivity contribution is -0.135. The van der Waals surface area contributed by atoms with Gasteiger partial charge in [-0.05, 0) is 37.6 Å². The molecular formula is C17H26FN3O2.